The number of amides is 1. The molecule has 6 nitrogen and oxygen atoms in total. The van der Waals surface area contributed by atoms with Gasteiger partial charge in [-0.2, -0.15) is 22.5 Å². The molecule has 1 amide bonds. The fourth-order valence-corrected chi connectivity index (χ4v) is 3.69. The van der Waals surface area contributed by atoms with E-state index in [2.05, 4.69) is 19.0 Å². The lowest BCUT2D eigenvalue weighted by atomic mass is 10.1. The number of nitrogens with zero attached hydrogens (tertiary/aromatic N) is 3. The Balaban J connectivity index is 1.78. The first-order valence-electron chi connectivity index (χ1n) is 8.16. The van der Waals surface area contributed by atoms with Crippen LogP contribution in [0.4, 0.5) is 22.0 Å². The second-order valence-electron chi connectivity index (χ2n) is 6.16. The molecule has 1 atom stereocenters. The molecule has 158 valence electrons. The van der Waals surface area contributed by atoms with Crippen LogP contribution in [0.3, 0.4) is 0 Å². The summed E-state index contributed by atoms with van der Waals surface area (Å²) in [5.41, 5.74) is 0.489. The SMILES string of the molecule is CS(=O)(=NC(=O)c1ccc(Cc2noc(C(F)(F)F)n2)cc1)c1ccc(F)cc1F. The Morgan fingerprint density at radius 3 is 2.37 bits per heavy atom. The highest BCUT2D eigenvalue weighted by Gasteiger charge is 2.38. The fourth-order valence-electron chi connectivity index (χ4n) is 2.43. The quantitative estimate of drug-likeness (QED) is 0.561. The molecular formula is C18H12F5N3O3S. The van der Waals surface area contributed by atoms with Crippen LogP contribution in [0.15, 0.2) is 56.2 Å². The van der Waals surface area contributed by atoms with Gasteiger partial charge in [-0.3, -0.25) is 4.79 Å². The molecule has 30 heavy (non-hydrogen) atoms. The molecule has 0 aliphatic heterocycles. The van der Waals surface area contributed by atoms with Crippen molar-refractivity contribution in [1.29, 1.82) is 0 Å². The van der Waals surface area contributed by atoms with Crippen molar-refractivity contribution in [2.24, 2.45) is 4.36 Å². The Labute approximate surface area is 166 Å². The number of hydrogen-bond donors (Lipinski definition) is 0. The maximum Gasteiger partial charge on any atom is 0.471 e. The van der Waals surface area contributed by atoms with E-state index in [4.69, 9.17) is 0 Å². The van der Waals surface area contributed by atoms with Gasteiger partial charge in [-0.15, -0.1) is 0 Å². The molecule has 0 aliphatic carbocycles. The summed E-state index contributed by atoms with van der Waals surface area (Å²) in [6.45, 7) is 0. The van der Waals surface area contributed by atoms with Crippen LogP contribution < -0.4 is 0 Å². The predicted molar refractivity (Wildman–Crippen MR) is 94.0 cm³/mol. The topological polar surface area (TPSA) is 85.4 Å². The number of carbonyl (C=O) groups excluding carboxylic acids is 1. The van der Waals surface area contributed by atoms with Crippen LogP contribution in [0.25, 0.3) is 0 Å². The van der Waals surface area contributed by atoms with E-state index in [0.29, 0.717) is 11.6 Å². The molecule has 1 unspecified atom stereocenters. The van der Waals surface area contributed by atoms with Crippen molar-refractivity contribution in [3.05, 3.63) is 76.9 Å². The Hall–Kier alpha value is -3.15. The largest absolute Gasteiger partial charge is 0.471 e. The predicted octanol–water partition coefficient (Wildman–Crippen LogP) is 4.25. The van der Waals surface area contributed by atoms with Crippen LogP contribution in [-0.4, -0.2) is 26.5 Å². The zero-order valence-electron chi connectivity index (χ0n) is 15.1. The van der Waals surface area contributed by atoms with E-state index < -0.39 is 44.2 Å². The minimum Gasteiger partial charge on any atom is -0.329 e. The highest BCUT2D eigenvalue weighted by molar-refractivity contribution is 7.93. The van der Waals surface area contributed by atoms with Crippen LogP contribution >= 0.6 is 0 Å². The van der Waals surface area contributed by atoms with Gasteiger partial charge in [0.15, 0.2) is 5.82 Å². The van der Waals surface area contributed by atoms with Gasteiger partial charge >= 0.3 is 12.1 Å². The highest BCUT2D eigenvalue weighted by Crippen LogP contribution is 2.27. The second kappa shape index (κ2) is 7.94. The Morgan fingerprint density at radius 2 is 1.80 bits per heavy atom. The molecule has 12 heteroatoms. The number of hydrogen-bond acceptors (Lipinski definition) is 5. The van der Waals surface area contributed by atoms with Gasteiger partial charge in [0.1, 0.15) is 11.6 Å². The van der Waals surface area contributed by atoms with Crippen LogP contribution in [0.1, 0.15) is 27.6 Å². The van der Waals surface area contributed by atoms with E-state index in [0.717, 1.165) is 18.4 Å². The van der Waals surface area contributed by atoms with Gasteiger partial charge in [0.2, 0.25) is 0 Å². The van der Waals surface area contributed by atoms with Crippen LogP contribution in [0.2, 0.25) is 0 Å². The number of aromatic nitrogens is 2. The van der Waals surface area contributed by atoms with Crippen molar-refractivity contribution in [2.75, 3.05) is 6.26 Å². The number of alkyl halides is 3. The molecule has 0 bridgehead atoms. The molecule has 3 aromatic rings. The van der Waals surface area contributed by atoms with Gasteiger partial charge in [-0.1, -0.05) is 17.3 Å². The zero-order valence-corrected chi connectivity index (χ0v) is 15.9. The van der Waals surface area contributed by atoms with E-state index in [9.17, 15) is 31.0 Å². The maximum atomic E-state index is 13.9. The normalized spacial score (nSPS) is 13.7. The fraction of sp³-hybridized carbons (Fsp3) is 0.167. The third-order valence-corrected chi connectivity index (χ3v) is 5.49. The van der Waals surface area contributed by atoms with Crippen LogP contribution in [0.5, 0.6) is 0 Å². The average molecular weight is 445 g/mol. The van der Waals surface area contributed by atoms with Gasteiger partial charge in [0.05, 0.1) is 14.6 Å². The number of halogens is 5. The van der Waals surface area contributed by atoms with E-state index in [1.54, 1.807) is 0 Å². The molecule has 1 heterocycles. The second-order valence-corrected chi connectivity index (χ2v) is 8.39. The van der Waals surface area contributed by atoms with E-state index in [-0.39, 0.29) is 17.8 Å². The molecule has 0 N–H and O–H groups in total. The number of benzene rings is 2. The molecule has 2 aromatic carbocycles. The van der Waals surface area contributed by atoms with Gasteiger partial charge < -0.3 is 4.52 Å². The summed E-state index contributed by atoms with van der Waals surface area (Å²) in [7, 11) is -3.48. The van der Waals surface area contributed by atoms with Crippen LogP contribution in [0, 0.1) is 11.6 Å². The first-order valence-corrected chi connectivity index (χ1v) is 10.1. The molecule has 0 saturated heterocycles. The van der Waals surface area contributed by atoms with Gasteiger partial charge in [-0.25, -0.2) is 13.0 Å². The van der Waals surface area contributed by atoms with Gasteiger partial charge in [0, 0.05) is 24.3 Å². The molecule has 0 spiro atoms. The van der Waals surface area contributed by atoms with Gasteiger partial charge in [0.25, 0.3) is 5.91 Å². The van der Waals surface area contributed by atoms with Crippen molar-refractivity contribution in [3.8, 4) is 0 Å². The van der Waals surface area contributed by atoms with E-state index >= 15 is 0 Å². The molecule has 0 radical (unpaired) electrons. The molecule has 0 aliphatic rings. The third-order valence-electron chi connectivity index (χ3n) is 3.83. The summed E-state index contributed by atoms with van der Waals surface area (Å²) in [4.78, 5) is 15.1. The van der Waals surface area contributed by atoms with Crippen molar-refractivity contribution in [2.45, 2.75) is 17.5 Å². The Kier molecular flexibility index (Phi) is 5.70. The third kappa shape index (κ3) is 4.87. The minimum absolute atomic E-state index is 0.0138. The first kappa shape index (κ1) is 21.6. The van der Waals surface area contributed by atoms with Crippen LogP contribution in [-0.2, 0) is 22.3 Å². The number of rotatable bonds is 4. The van der Waals surface area contributed by atoms with Crippen molar-refractivity contribution in [3.63, 3.8) is 0 Å². The lowest BCUT2D eigenvalue weighted by Crippen LogP contribution is -2.06. The maximum absolute atomic E-state index is 13.9. The Bertz CT molecular complexity index is 1210. The summed E-state index contributed by atoms with van der Waals surface area (Å²) in [6.07, 6.45) is -3.79. The first-order chi connectivity index (χ1) is 14.0. The summed E-state index contributed by atoms with van der Waals surface area (Å²) in [5.74, 6) is -4.52. The molecular weight excluding hydrogens is 433 g/mol. The van der Waals surface area contributed by atoms with E-state index in [1.807, 2.05) is 0 Å². The lowest BCUT2D eigenvalue weighted by molar-refractivity contribution is -0.159. The molecule has 0 saturated carbocycles. The highest BCUT2D eigenvalue weighted by atomic mass is 32.2. The summed E-state index contributed by atoms with van der Waals surface area (Å²) < 4.78 is 84.6. The standard InChI is InChI=1S/C18H12F5N3O3S/c1-30(28,14-7-6-12(19)9-13(14)20)26-16(27)11-4-2-10(3-5-11)8-15-24-17(29-25-15)18(21,22)23/h2-7,9H,8H2,1H3. The number of carbonyl (C=O) groups is 1. The smallest absolute Gasteiger partial charge is 0.329 e. The van der Waals surface area contributed by atoms with Gasteiger partial charge in [-0.05, 0) is 29.8 Å². The Morgan fingerprint density at radius 1 is 1.13 bits per heavy atom. The average Bonchev–Trinajstić information content (AvgIpc) is 3.10. The summed E-state index contributed by atoms with van der Waals surface area (Å²) in [5, 5.41) is 3.24. The molecule has 0 fully saturated rings. The van der Waals surface area contributed by atoms with E-state index in [1.165, 1.54) is 24.3 Å². The molecule has 3 rings (SSSR count). The molecule has 1 aromatic heterocycles. The monoisotopic (exact) mass is 445 g/mol. The zero-order chi connectivity index (χ0) is 22.1. The summed E-state index contributed by atoms with van der Waals surface area (Å²) >= 11 is 0. The van der Waals surface area contributed by atoms with Crippen molar-refractivity contribution >= 4 is 15.6 Å². The van der Waals surface area contributed by atoms with Crippen molar-refractivity contribution < 1.29 is 35.5 Å². The lowest BCUT2D eigenvalue weighted by Gasteiger charge is -2.06. The summed E-state index contributed by atoms with van der Waals surface area (Å²) in [6, 6.07) is 7.84. The van der Waals surface area contributed by atoms with Crippen molar-refractivity contribution in [1.82, 2.24) is 10.1 Å². The minimum atomic E-state index is -4.75.